The second kappa shape index (κ2) is 5.99. The van der Waals surface area contributed by atoms with Gasteiger partial charge in [-0.3, -0.25) is 0 Å². The summed E-state index contributed by atoms with van der Waals surface area (Å²) >= 11 is 6.18. The first kappa shape index (κ1) is 12.3. The van der Waals surface area contributed by atoms with Gasteiger partial charge in [0.1, 0.15) is 0 Å². The van der Waals surface area contributed by atoms with E-state index >= 15 is 0 Å². The van der Waals surface area contributed by atoms with Crippen LogP contribution in [-0.2, 0) is 0 Å². The summed E-state index contributed by atoms with van der Waals surface area (Å²) in [4.78, 5) is 4.65. The molecule has 2 nitrogen and oxygen atoms in total. The lowest BCUT2D eigenvalue weighted by Gasteiger charge is -2.35. The molecule has 1 heterocycles. The van der Waals surface area contributed by atoms with Crippen LogP contribution in [0.5, 0.6) is 0 Å². The summed E-state index contributed by atoms with van der Waals surface area (Å²) in [5, 5.41) is 0.775. The van der Waals surface area contributed by atoms with Gasteiger partial charge < -0.3 is 9.80 Å². The Balaban J connectivity index is 2.68. The summed E-state index contributed by atoms with van der Waals surface area (Å²) in [5.74, 6) is 0. The summed E-state index contributed by atoms with van der Waals surface area (Å²) in [6.07, 6.45) is 5.63. The third-order valence-electron chi connectivity index (χ3n) is 2.63. The minimum absolute atomic E-state index is 0.775. The fraction of sp³-hybridized carbons (Fsp3) is 0.500. The molecule has 0 aromatic rings. The van der Waals surface area contributed by atoms with Crippen molar-refractivity contribution >= 4 is 11.6 Å². The third-order valence-corrected chi connectivity index (χ3v) is 2.95. The zero-order valence-corrected chi connectivity index (χ0v) is 10.3. The van der Waals surface area contributed by atoms with Crippen LogP contribution in [0, 0.1) is 0 Å². The predicted molar refractivity (Wildman–Crippen MR) is 67.0 cm³/mol. The minimum Gasteiger partial charge on any atom is -0.368 e. The zero-order chi connectivity index (χ0) is 11.3. The quantitative estimate of drug-likeness (QED) is 0.683. The molecular formula is C12H19ClN2. The monoisotopic (exact) mass is 226 g/mol. The van der Waals surface area contributed by atoms with Crippen LogP contribution < -0.4 is 0 Å². The van der Waals surface area contributed by atoms with Gasteiger partial charge >= 0.3 is 0 Å². The molecule has 0 radical (unpaired) electrons. The molecule has 1 aliphatic rings. The van der Waals surface area contributed by atoms with Crippen LogP contribution in [0.25, 0.3) is 0 Å². The van der Waals surface area contributed by atoms with E-state index in [1.165, 1.54) is 0 Å². The first-order valence-electron chi connectivity index (χ1n) is 5.27. The molecule has 0 aromatic heterocycles. The zero-order valence-electron chi connectivity index (χ0n) is 9.54. The molecular weight excluding hydrogens is 208 g/mol. The van der Waals surface area contributed by atoms with Gasteiger partial charge in [-0.15, -0.1) is 0 Å². The van der Waals surface area contributed by atoms with Gasteiger partial charge in [-0.25, -0.2) is 0 Å². The summed E-state index contributed by atoms with van der Waals surface area (Å²) in [6.45, 7) is 9.94. The van der Waals surface area contributed by atoms with Crippen molar-refractivity contribution in [1.82, 2.24) is 9.80 Å². The summed E-state index contributed by atoms with van der Waals surface area (Å²) in [5.41, 5.74) is 1.12. The van der Waals surface area contributed by atoms with Crippen LogP contribution in [0.15, 0.2) is 35.5 Å². The van der Waals surface area contributed by atoms with Crippen LogP contribution in [0.2, 0.25) is 0 Å². The molecule has 1 saturated heterocycles. The van der Waals surface area contributed by atoms with Crippen LogP contribution in [0.3, 0.4) is 0 Å². The highest BCUT2D eigenvalue weighted by Crippen LogP contribution is 2.20. The Morgan fingerprint density at radius 3 is 2.33 bits per heavy atom. The molecule has 1 aliphatic heterocycles. The smallest absolute Gasteiger partial charge is 0.0635 e. The highest BCUT2D eigenvalue weighted by Gasteiger charge is 2.16. The Hall–Kier alpha value is -0.730. The first-order valence-corrected chi connectivity index (χ1v) is 5.65. The average Bonchev–Trinajstić information content (AvgIpc) is 2.22. The van der Waals surface area contributed by atoms with Gasteiger partial charge in [-0.2, -0.15) is 0 Å². The van der Waals surface area contributed by atoms with Crippen molar-refractivity contribution in [3.05, 3.63) is 35.5 Å². The van der Waals surface area contributed by atoms with E-state index in [0.717, 1.165) is 36.9 Å². The van der Waals surface area contributed by atoms with Crippen molar-refractivity contribution in [2.75, 3.05) is 33.2 Å². The van der Waals surface area contributed by atoms with E-state index in [4.69, 9.17) is 11.6 Å². The highest BCUT2D eigenvalue weighted by molar-refractivity contribution is 6.32. The number of nitrogens with zero attached hydrogens (tertiary/aromatic N) is 2. The SMILES string of the molecule is C=C/C=C(Cl)\C(=C/C)N1CCN(C)CC1. The molecule has 0 atom stereocenters. The second-order valence-electron chi connectivity index (χ2n) is 3.71. The van der Waals surface area contributed by atoms with Gasteiger partial charge in [0.15, 0.2) is 0 Å². The molecule has 0 aromatic carbocycles. The molecule has 1 fully saturated rings. The van der Waals surface area contributed by atoms with E-state index in [1.54, 1.807) is 6.08 Å². The molecule has 84 valence electrons. The van der Waals surface area contributed by atoms with Crippen LogP contribution in [0.1, 0.15) is 6.92 Å². The molecule has 0 aliphatic carbocycles. The molecule has 0 bridgehead atoms. The number of hydrogen-bond acceptors (Lipinski definition) is 2. The van der Waals surface area contributed by atoms with E-state index in [1.807, 2.05) is 13.0 Å². The molecule has 0 spiro atoms. The molecule has 15 heavy (non-hydrogen) atoms. The van der Waals surface area contributed by atoms with E-state index < -0.39 is 0 Å². The summed E-state index contributed by atoms with van der Waals surface area (Å²) < 4.78 is 0. The Kier molecular flexibility index (Phi) is 4.92. The van der Waals surface area contributed by atoms with Gasteiger partial charge in [0.05, 0.1) is 10.7 Å². The Morgan fingerprint density at radius 2 is 1.87 bits per heavy atom. The maximum Gasteiger partial charge on any atom is 0.0635 e. The number of likely N-dealkylation sites (N-methyl/N-ethyl adjacent to an activating group) is 1. The number of piperazine rings is 1. The number of rotatable bonds is 3. The van der Waals surface area contributed by atoms with E-state index in [2.05, 4.69) is 29.5 Å². The highest BCUT2D eigenvalue weighted by atomic mass is 35.5. The topological polar surface area (TPSA) is 6.48 Å². The van der Waals surface area contributed by atoms with Crippen molar-refractivity contribution in [3.8, 4) is 0 Å². The number of hydrogen-bond donors (Lipinski definition) is 0. The fourth-order valence-corrected chi connectivity index (χ4v) is 2.03. The molecule has 0 saturated carbocycles. The van der Waals surface area contributed by atoms with Crippen molar-refractivity contribution in [1.29, 1.82) is 0 Å². The fourth-order valence-electron chi connectivity index (χ4n) is 1.71. The third kappa shape index (κ3) is 3.40. The summed E-state index contributed by atoms with van der Waals surface area (Å²) in [6, 6.07) is 0. The standard InChI is InChI=1S/C12H19ClN2/c1-4-6-11(13)12(5-2)15-9-7-14(3)8-10-15/h4-6H,1,7-10H2,2-3H3/b11-6+,12-5+. The van der Waals surface area contributed by atoms with Crippen LogP contribution in [0.4, 0.5) is 0 Å². The van der Waals surface area contributed by atoms with Gasteiger partial charge in [-0.1, -0.05) is 30.3 Å². The van der Waals surface area contributed by atoms with Crippen molar-refractivity contribution in [2.45, 2.75) is 6.92 Å². The van der Waals surface area contributed by atoms with Crippen LogP contribution in [-0.4, -0.2) is 43.0 Å². The molecule has 0 amide bonds. The largest absolute Gasteiger partial charge is 0.368 e. The maximum absolute atomic E-state index is 6.18. The number of halogens is 1. The molecule has 0 unspecified atom stereocenters. The Labute approximate surface area is 97.5 Å². The van der Waals surface area contributed by atoms with Crippen LogP contribution >= 0.6 is 11.6 Å². The Bertz CT molecular complexity index is 273. The second-order valence-corrected chi connectivity index (χ2v) is 4.12. The van der Waals surface area contributed by atoms with E-state index in [0.29, 0.717) is 0 Å². The van der Waals surface area contributed by atoms with Gasteiger partial charge in [-0.05, 0) is 20.0 Å². The van der Waals surface area contributed by atoms with Crippen molar-refractivity contribution in [3.63, 3.8) is 0 Å². The lowest BCUT2D eigenvalue weighted by Crippen LogP contribution is -2.43. The lowest BCUT2D eigenvalue weighted by atomic mass is 10.2. The van der Waals surface area contributed by atoms with Gasteiger partial charge in [0, 0.05) is 26.2 Å². The Morgan fingerprint density at radius 1 is 1.27 bits per heavy atom. The van der Waals surface area contributed by atoms with E-state index in [-0.39, 0.29) is 0 Å². The predicted octanol–water partition coefficient (Wildman–Crippen LogP) is 2.45. The average molecular weight is 227 g/mol. The first-order chi connectivity index (χ1) is 7.19. The number of allylic oxidation sites excluding steroid dienone is 4. The maximum atomic E-state index is 6.18. The molecule has 1 rings (SSSR count). The summed E-state index contributed by atoms with van der Waals surface area (Å²) in [7, 11) is 2.15. The minimum atomic E-state index is 0.775. The normalized spacial score (nSPS) is 20.6. The van der Waals surface area contributed by atoms with E-state index in [9.17, 15) is 0 Å². The van der Waals surface area contributed by atoms with Crippen molar-refractivity contribution < 1.29 is 0 Å². The molecule has 0 N–H and O–H groups in total. The molecule has 3 heteroatoms. The van der Waals surface area contributed by atoms with Gasteiger partial charge in [0.25, 0.3) is 0 Å². The van der Waals surface area contributed by atoms with Gasteiger partial charge in [0.2, 0.25) is 0 Å². The van der Waals surface area contributed by atoms with Crippen molar-refractivity contribution in [2.24, 2.45) is 0 Å². The lowest BCUT2D eigenvalue weighted by molar-refractivity contribution is 0.189.